The molecule has 1 N–H and O–H groups in total. The standard InChI is InChI=1S/C17H18O2S/c1-2-14-3-7-16(8-4-14)19-17-9-5-15(6-10-17)13-20-12-11-18/h2-10,18H,1,11-13H2. The lowest BCUT2D eigenvalue weighted by Gasteiger charge is -2.07. The third kappa shape index (κ3) is 4.44. The molecule has 0 heterocycles. The molecule has 0 aromatic heterocycles. The van der Waals surface area contributed by atoms with Gasteiger partial charge in [-0.3, -0.25) is 0 Å². The van der Waals surface area contributed by atoms with Crippen molar-refractivity contribution in [1.82, 2.24) is 0 Å². The first-order valence-corrected chi connectivity index (χ1v) is 7.65. The predicted octanol–water partition coefficient (Wildman–Crippen LogP) is 4.35. The topological polar surface area (TPSA) is 29.5 Å². The summed E-state index contributed by atoms with van der Waals surface area (Å²) in [5, 5.41) is 8.74. The Kier molecular flexibility index (Phi) is 5.71. The van der Waals surface area contributed by atoms with Crippen LogP contribution in [0.3, 0.4) is 0 Å². The van der Waals surface area contributed by atoms with Crippen molar-refractivity contribution < 1.29 is 9.84 Å². The first-order chi connectivity index (χ1) is 9.81. The molecule has 0 spiro atoms. The Morgan fingerprint density at radius 1 is 1.00 bits per heavy atom. The van der Waals surface area contributed by atoms with E-state index in [1.54, 1.807) is 11.8 Å². The van der Waals surface area contributed by atoms with E-state index in [9.17, 15) is 0 Å². The van der Waals surface area contributed by atoms with Crippen LogP contribution in [0, 0.1) is 0 Å². The molecule has 0 amide bonds. The molecule has 104 valence electrons. The molecule has 0 aliphatic carbocycles. The second-order valence-electron chi connectivity index (χ2n) is 4.30. The summed E-state index contributed by atoms with van der Waals surface area (Å²) in [6.07, 6.45) is 1.81. The van der Waals surface area contributed by atoms with Crippen LogP contribution >= 0.6 is 11.8 Å². The zero-order valence-corrected chi connectivity index (χ0v) is 12.1. The second kappa shape index (κ2) is 7.78. The fourth-order valence-electron chi connectivity index (χ4n) is 1.72. The lowest BCUT2D eigenvalue weighted by molar-refractivity contribution is 0.322. The van der Waals surface area contributed by atoms with Crippen LogP contribution in [0.2, 0.25) is 0 Å². The molecule has 2 rings (SSSR count). The van der Waals surface area contributed by atoms with Gasteiger partial charge >= 0.3 is 0 Å². The number of hydrogen-bond donors (Lipinski definition) is 1. The zero-order chi connectivity index (χ0) is 14.2. The van der Waals surface area contributed by atoms with Crippen molar-refractivity contribution in [2.45, 2.75) is 5.75 Å². The summed E-state index contributed by atoms with van der Waals surface area (Å²) < 4.78 is 5.78. The summed E-state index contributed by atoms with van der Waals surface area (Å²) in [4.78, 5) is 0. The highest BCUT2D eigenvalue weighted by Gasteiger charge is 1.98. The summed E-state index contributed by atoms with van der Waals surface area (Å²) in [6.45, 7) is 3.96. The largest absolute Gasteiger partial charge is 0.457 e. The van der Waals surface area contributed by atoms with Crippen molar-refractivity contribution in [2.24, 2.45) is 0 Å². The van der Waals surface area contributed by atoms with Crippen LogP contribution in [0.25, 0.3) is 6.08 Å². The monoisotopic (exact) mass is 286 g/mol. The number of hydrogen-bond acceptors (Lipinski definition) is 3. The quantitative estimate of drug-likeness (QED) is 0.767. The van der Waals surface area contributed by atoms with E-state index >= 15 is 0 Å². The third-order valence-corrected chi connectivity index (χ3v) is 3.79. The predicted molar refractivity (Wildman–Crippen MR) is 86.3 cm³/mol. The lowest BCUT2D eigenvalue weighted by atomic mass is 10.2. The normalized spacial score (nSPS) is 10.2. The molecular formula is C17H18O2S. The minimum Gasteiger partial charge on any atom is -0.457 e. The van der Waals surface area contributed by atoms with Crippen LogP contribution in [-0.4, -0.2) is 17.5 Å². The van der Waals surface area contributed by atoms with E-state index in [1.165, 1.54) is 5.56 Å². The Balaban J connectivity index is 1.93. The average Bonchev–Trinajstić information content (AvgIpc) is 2.50. The zero-order valence-electron chi connectivity index (χ0n) is 11.3. The van der Waals surface area contributed by atoms with Crippen molar-refractivity contribution in [3.05, 3.63) is 66.2 Å². The molecule has 0 saturated carbocycles. The third-order valence-electron chi connectivity index (χ3n) is 2.78. The van der Waals surface area contributed by atoms with Gasteiger partial charge in [0.25, 0.3) is 0 Å². The Hall–Kier alpha value is -1.71. The number of benzene rings is 2. The van der Waals surface area contributed by atoms with Crippen LogP contribution in [-0.2, 0) is 5.75 Å². The number of thioether (sulfide) groups is 1. The first kappa shape index (κ1) is 14.7. The van der Waals surface area contributed by atoms with Crippen molar-refractivity contribution in [3.8, 4) is 11.5 Å². The maximum atomic E-state index is 8.74. The van der Waals surface area contributed by atoms with Gasteiger partial charge in [0.15, 0.2) is 0 Å². The maximum Gasteiger partial charge on any atom is 0.127 e. The Morgan fingerprint density at radius 3 is 2.15 bits per heavy atom. The van der Waals surface area contributed by atoms with Gasteiger partial charge in [0.1, 0.15) is 11.5 Å². The summed E-state index contributed by atoms with van der Waals surface area (Å²) in [7, 11) is 0. The van der Waals surface area contributed by atoms with E-state index < -0.39 is 0 Å². The number of aliphatic hydroxyl groups is 1. The van der Waals surface area contributed by atoms with Gasteiger partial charge in [0.2, 0.25) is 0 Å². The van der Waals surface area contributed by atoms with Gasteiger partial charge in [0.05, 0.1) is 6.61 Å². The average molecular weight is 286 g/mol. The minimum absolute atomic E-state index is 0.229. The van der Waals surface area contributed by atoms with Gasteiger partial charge in [0, 0.05) is 11.5 Å². The van der Waals surface area contributed by atoms with E-state index in [-0.39, 0.29) is 6.61 Å². The first-order valence-electron chi connectivity index (χ1n) is 6.50. The van der Waals surface area contributed by atoms with Gasteiger partial charge in [-0.15, -0.1) is 0 Å². The molecule has 0 radical (unpaired) electrons. The van der Waals surface area contributed by atoms with Gasteiger partial charge in [-0.2, -0.15) is 11.8 Å². The van der Waals surface area contributed by atoms with Crippen LogP contribution in [0.1, 0.15) is 11.1 Å². The number of aliphatic hydroxyl groups excluding tert-OH is 1. The number of ether oxygens (including phenoxy) is 1. The smallest absolute Gasteiger partial charge is 0.127 e. The van der Waals surface area contributed by atoms with Gasteiger partial charge < -0.3 is 9.84 Å². The molecule has 2 aromatic rings. The van der Waals surface area contributed by atoms with Crippen molar-refractivity contribution in [3.63, 3.8) is 0 Å². The maximum absolute atomic E-state index is 8.74. The molecule has 3 heteroatoms. The second-order valence-corrected chi connectivity index (χ2v) is 5.40. The number of rotatable bonds is 7. The molecule has 0 aliphatic rings. The minimum atomic E-state index is 0.229. The molecule has 2 nitrogen and oxygen atoms in total. The molecule has 0 aliphatic heterocycles. The van der Waals surface area contributed by atoms with Crippen molar-refractivity contribution in [1.29, 1.82) is 0 Å². The van der Waals surface area contributed by atoms with Gasteiger partial charge in [-0.1, -0.05) is 36.9 Å². The molecule has 2 aromatic carbocycles. The van der Waals surface area contributed by atoms with Crippen molar-refractivity contribution >= 4 is 17.8 Å². The van der Waals surface area contributed by atoms with Crippen LogP contribution < -0.4 is 4.74 Å². The highest BCUT2D eigenvalue weighted by Crippen LogP contribution is 2.23. The molecule has 20 heavy (non-hydrogen) atoms. The van der Waals surface area contributed by atoms with Crippen LogP contribution in [0.4, 0.5) is 0 Å². The molecule has 0 unspecified atom stereocenters. The van der Waals surface area contributed by atoms with Crippen LogP contribution in [0.5, 0.6) is 11.5 Å². The summed E-state index contributed by atoms with van der Waals surface area (Å²) >= 11 is 1.72. The van der Waals surface area contributed by atoms with Gasteiger partial charge in [-0.25, -0.2) is 0 Å². The lowest BCUT2D eigenvalue weighted by Crippen LogP contribution is -1.89. The van der Waals surface area contributed by atoms with E-state index in [4.69, 9.17) is 9.84 Å². The van der Waals surface area contributed by atoms with E-state index in [0.29, 0.717) is 0 Å². The van der Waals surface area contributed by atoms with E-state index in [1.807, 2.05) is 42.5 Å². The summed E-state index contributed by atoms with van der Waals surface area (Å²) in [6, 6.07) is 15.9. The molecule has 0 saturated heterocycles. The highest BCUT2D eigenvalue weighted by atomic mass is 32.2. The van der Waals surface area contributed by atoms with Crippen molar-refractivity contribution in [2.75, 3.05) is 12.4 Å². The fourth-order valence-corrected chi connectivity index (χ4v) is 2.42. The molecule has 0 atom stereocenters. The Labute approximate surface area is 124 Å². The SMILES string of the molecule is C=Cc1ccc(Oc2ccc(CSCCO)cc2)cc1. The highest BCUT2D eigenvalue weighted by molar-refractivity contribution is 7.98. The summed E-state index contributed by atoms with van der Waals surface area (Å²) in [5.74, 6) is 3.33. The molecular weight excluding hydrogens is 268 g/mol. The molecule has 0 bridgehead atoms. The fraction of sp³-hybridized carbons (Fsp3) is 0.176. The Bertz CT molecular complexity index is 532. The van der Waals surface area contributed by atoms with E-state index in [2.05, 4.69) is 18.7 Å². The van der Waals surface area contributed by atoms with E-state index in [0.717, 1.165) is 28.6 Å². The van der Waals surface area contributed by atoms with Gasteiger partial charge in [-0.05, 0) is 35.4 Å². The molecule has 0 fully saturated rings. The summed E-state index contributed by atoms with van der Waals surface area (Å²) in [5.41, 5.74) is 2.31. The van der Waals surface area contributed by atoms with Crippen LogP contribution in [0.15, 0.2) is 55.1 Å². The Morgan fingerprint density at radius 2 is 1.60 bits per heavy atom.